The molecule has 0 aliphatic heterocycles. The predicted octanol–water partition coefficient (Wildman–Crippen LogP) is 1.72. The Balaban J connectivity index is 4.42. The molecule has 0 radical (unpaired) electrons. The quantitative estimate of drug-likeness (QED) is 0.668. The van der Waals surface area contributed by atoms with E-state index in [1.54, 1.807) is 18.9 Å². The number of carbonyl (C=O) groups is 2. The fourth-order valence-corrected chi connectivity index (χ4v) is 1.36. The summed E-state index contributed by atoms with van der Waals surface area (Å²) >= 11 is 0. The number of likely N-dealkylation sites (N-methyl/N-ethyl adjacent to an activating group) is 1. The number of hydrogen-bond acceptors (Lipinski definition) is 3. The first-order valence-corrected chi connectivity index (χ1v) is 6.17. The average Bonchev–Trinajstić information content (AvgIpc) is 2.35. The van der Waals surface area contributed by atoms with Crippen molar-refractivity contribution in [2.75, 3.05) is 26.7 Å². The molecule has 0 bridgehead atoms. The van der Waals surface area contributed by atoms with E-state index in [0.29, 0.717) is 19.7 Å². The van der Waals surface area contributed by atoms with Gasteiger partial charge < -0.3 is 14.5 Å². The van der Waals surface area contributed by atoms with Crippen LogP contribution in [0, 0.1) is 0 Å². The van der Waals surface area contributed by atoms with Crippen LogP contribution in [-0.2, 0) is 9.53 Å². The van der Waals surface area contributed by atoms with Crippen LogP contribution in [0.1, 0.15) is 34.1 Å². The van der Waals surface area contributed by atoms with Gasteiger partial charge in [-0.1, -0.05) is 6.92 Å². The minimum absolute atomic E-state index is 0.143. The van der Waals surface area contributed by atoms with Crippen molar-refractivity contribution in [2.24, 2.45) is 0 Å². The second-order valence-corrected chi connectivity index (χ2v) is 3.91. The van der Waals surface area contributed by atoms with E-state index in [1.165, 1.54) is 4.90 Å². The van der Waals surface area contributed by atoms with Gasteiger partial charge in [0.15, 0.2) is 0 Å². The molecule has 2 amide bonds. The summed E-state index contributed by atoms with van der Waals surface area (Å²) < 4.78 is 5.02. The molecule has 0 aliphatic rings. The molecule has 0 aliphatic carbocycles. The van der Waals surface area contributed by atoms with Gasteiger partial charge in [-0.3, -0.25) is 0 Å². The Kier molecular flexibility index (Phi) is 7.34. The third-order valence-corrected chi connectivity index (χ3v) is 2.71. The van der Waals surface area contributed by atoms with Gasteiger partial charge in [0.05, 0.1) is 6.61 Å². The van der Waals surface area contributed by atoms with Crippen molar-refractivity contribution in [3.05, 3.63) is 0 Å². The molecule has 5 heteroatoms. The van der Waals surface area contributed by atoms with Gasteiger partial charge in [0.1, 0.15) is 6.04 Å². The molecule has 5 nitrogen and oxygen atoms in total. The lowest BCUT2D eigenvalue weighted by molar-refractivity contribution is -0.148. The van der Waals surface area contributed by atoms with Crippen molar-refractivity contribution in [1.82, 2.24) is 9.80 Å². The van der Waals surface area contributed by atoms with E-state index in [2.05, 4.69) is 0 Å². The van der Waals surface area contributed by atoms with E-state index >= 15 is 0 Å². The number of rotatable bonds is 6. The first-order valence-electron chi connectivity index (χ1n) is 6.17. The molecule has 0 rings (SSSR count). The minimum Gasteiger partial charge on any atom is -0.464 e. The maximum atomic E-state index is 12.0. The second kappa shape index (κ2) is 7.92. The van der Waals surface area contributed by atoms with Gasteiger partial charge in [-0.05, 0) is 27.2 Å². The second-order valence-electron chi connectivity index (χ2n) is 3.91. The lowest BCUT2D eigenvalue weighted by Crippen LogP contribution is -2.48. The average molecular weight is 244 g/mol. The summed E-state index contributed by atoms with van der Waals surface area (Å²) in [6, 6.07) is -0.689. The van der Waals surface area contributed by atoms with E-state index in [4.69, 9.17) is 4.74 Å². The molecule has 0 saturated carbocycles. The zero-order valence-corrected chi connectivity index (χ0v) is 11.5. The molecule has 1 atom stereocenters. The Morgan fingerprint density at radius 3 is 2.12 bits per heavy atom. The Morgan fingerprint density at radius 1 is 1.18 bits per heavy atom. The monoisotopic (exact) mass is 244 g/mol. The highest BCUT2D eigenvalue weighted by molar-refractivity contribution is 5.83. The number of nitrogens with zero attached hydrogens (tertiary/aromatic N) is 2. The topological polar surface area (TPSA) is 49.9 Å². The van der Waals surface area contributed by atoms with Crippen LogP contribution < -0.4 is 0 Å². The fraction of sp³-hybridized carbons (Fsp3) is 0.833. The molecule has 0 saturated heterocycles. The summed E-state index contributed by atoms with van der Waals surface area (Å²) in [5, 5.41) is 0. The maximum absolute atomic E-state index is 12.0. The normalized spacial score (nSPS) is 11.8. The highest BCUT2D eigenvalue weighted by Gasteiger charge is 2.25. The van der Waals surface area contributed by atoms with Gasteiger partial charge in [0.2, 0.25) is 0 Å². The van der Waals surface area contributed by atoms with Crippen LogP contribution in [0.3, 0.4) is 0 Å². The van der Waals surface area contributed by atoms with E-state index < -0.39 is 6.04 Å². The molecule has 0 aromatic carbocycles. The van der Waals surface area contributed by atoms with E-state index in [0.717, 1.165) is 6.42 Å². The van der Waals surface area contributed by atoms with Crippen LogP contribution in [0.4, 0.5) is 4.79 Å². The van der Waals surface area contributed by atoms with Gasteiger partial charge in [-0.2, -0.15) is 0 Å². The van der Waals surface area contributed by atoms with Crippen molar-refractivity contribution in [3.63, 3.8) is 0 Å². The van der Waals surface area contributed by atoms with Crippen molar-refractivity contribution in [3.8, 4) is 0 Å². The predicted molar refractivity (Wildman–Crippen MR) is 66.8 cm³/mol. The van der Waals surface area contributed by atoms with Gasteiger partial charge >= 0.3 is 12.0 Å². The van der Waals surface area contributed by atoms with Crippen molar-refractivity contribution >= 4 is 12.0 Å². The lowest BCUT2D eigenvalue weighted by Gasteiger charge is -2.29. The third-order valence-electron chi connectivity index (χ3n) is 2.71. The molecule has 1 unspecified atom stereocenters. The van der Waals surface area contributed by atoms with Crippen LogP contribution in [0.15, 0.2) is 0 Å². The number of esters is 1. The largest absolute Gasteiger partial charge is 0.464 e. The standard InChI is InChI=1S/C12H24N2O3/c1-6-9-17-11(15)10(4)13(5)12(16)14(7-2)8-3/h10H,6-9H2,1-5H3. The summed E-state index contributed by atoms with van der Waals surface area (Å²) in [5.41, 5.74) is 0. The van der Waals surface area contributed by atoms with Gasteiger partial charge in [-0.15, -0.1) is 0 Å². The summed E-state index contributed by atoms with van der Waals surface area (Å²) in [4.78, 5) is 26.7. The van der Waals surface area contributed by atoms with Crippen molar-refractivity contribution in [1.29, 1.82) is 0 Å². The molecule has 0 spiro atoms. The lowest BCUT2D eigenvalue weighted by atomic mass is 10.3. The number of amides is 2. The molecule has 0 N–H and O–H groups in total. The van der Waals surface area contributed by atoms with Crippen molar-refractivity contribution in [2.45, 2.75) is 40.2 Å². The Labute approximate surface area is 104 Å². The fourth-order valence-electron chi connectivity index (χ4n) is 1.36. The van der Waals surface area contributed by atoms with Crippen LogP contribution in [0.5, 0.6) is 0 Å². The number of carbonyl (C=O) groups excluding carboxylic acids is 2. The van der Waals surface area contributed by atoms with Crippen LogP contribution >= 0.6 is 0 Å². The highest BCUT2D eigenvalue weighted by atomic mass is 16.5. The highest BCUT2D eigenvalue weighted by Crippen LogP contribution is 2.04. The first kappa shape index (κ1) is 15.7. The zero-order valence-electron chi connectivity index (χ0n) is 11.5. The van der Waals surface area contributed by atoms with E-state index in [1.807, 2.05) is 20.8 Å². The molecule has 0 aromatic rings. The molecular formula is C12H24N2O3. The van der Waals surface area contributed by atoms with Crippen LogP contribution in [0.2, 0.25) is 0 Å². The minimum atomic E-state index is -0.547. The Morgan fingerprint density at radius 2 is 1.71 bits per heavy atom. The van der Waals surface area contributed by atoms with Crippen LogP contribution in [0.25, 0.3) is 0 Å². The Hall–Kier alpha value is -1.26. The smallest absolute Gasteiger partial charge is 0.328 e. The maximum Gasteiger partial charge on any atom is 0.328 e. The SMILES string of the molecule is CCCOC(=O)C(C)N(C)C(=O)N(CC)CC. The molecule has 17 heavy (non-hydrogen) atoms. The number of urea groups is 1. The van der Waals surface area contributed by atoms with Crippen molar-refractivity contribution < 1.29 is 14.3 Å². The molecule has 100 valence electrons. The first-order chi connectivity index (χ1) is 7.99. The molecule has 0 aromatic heterocycles. The summed E-state index contributed by atoms with van der Waals surface area (Å²) in [7, 11) is 1.62. The van der Waals surface area contributed by atoms with Crippen LogP contribution in [-0.4, -0.2) is 54.6 Å². The third kappa shape index (κ3) is 4.63. The summed E-state index contributed by atoms with van der Waals surface area (Å²) in [6.07, 6.45) is 0.784. The molecule has 0 fully saturated rings. The van der Waals surface area contributed by atoms with E-state index in [-0.39, 0.29) is 12.0 Å². The summed E-state index contributed by atoms with van der Waals surface area (Å²) in [5.74, 6) is -0.352. The van der Waals surface area contributed by atoms with Gasteiger partial charge in [0.25, 0.3) is 0 Å². The number of hydrogen-bond donors (Lipinski definition) is 0. The van der Waals surface area contributed by atoms with E-state index in [9.17, 15) is 9.59 Å². The number of ether oxygens (including phenoxy) is 1. The summed E-state index contributed by atoms with van der Waals surface area (Å²) in [6.45, 7) is 9.11. The molecular weight excluding hydrogens is 220 g/mol. The van der Waals surface area contributed by atoms with Gasteiger partial charge in [-0.25, -0.2) is 9.59 Å². The van der Waals surface area contributed by atoms with Gasteiger partial charge in [0, 0.05) is 20.1 Å². The Bertz CT molecular complexity index is 252. The molecule has 0 heterocycles. The zero-order chi connectivity index (χ0) is 13.4.